The second-order valence-electron chi connectivity index (χ2n) is 12.0. The fourth-order valence-electron chi connectivity index (χ4n) is 6.97. The Balaban J connectivity index is 0.000000361. The van der Waals surface area contributed by atoms with E-state index in [9.17, 15) is 14.0 Å². The van der Waals surface area contributed by atoms with Gasteiger partial charge in [0.2, 0.25) is 0 Å². The first-order valence-electron chi connectivity index (χ1n) is 15.6. The molecule has 0 saturated carbocycles. The van der Waals surface area contributed by atoms with Crippen molar-refractivity contribution in [1.29, 1.82) is 5.26 Å². The van der Waals surface area contributed by atoms with E-state index < -0.39 is 17.8 Å². The molecule has 0 amide bonds. The lowest BCUT2D eigenvalue weighted by atomic mass is 10.0. The normalized spacial score (nSPS) is 19.2. The summed E-state index contributed by atoms with van der Waals surface area (Å²) in [6.07, 6.45) is 5.34. The molecular formula is C33H31ClF3N9O2S. The molecule has 2 saturated heterocycles. The van der Waals surface area contributed by atoms with Crippen molar-refractivity contribution in [2.24, 2.45) is 0 Å². The van der Waals surface area contributed by atoms with Crippen LogP contribution >= 0.6 is 22.9 Å². The first-order valence-corrected chi connectivity index (χ1v) is 16.8. The molecule has 4 aromatic heterocycles. The van der Waals surface area contributed by atoms with E-state index in [4.69, 9.17) is 32.5 Å². The van der Waals surface area contributed by atoms with Gasteiger partial charge in [0.25, 0.3) is 0 Å². The average Bonchev–Trinajstić information content (AvgIpc) is 3.73. The average molecular weight is 710 g/mol. The molecule has 5 aromatic rings. The van der Waals surface area contributed by atoms with Crippen LogP contribution in [0.25, 0.3) is 32.2 Å². The molecule has 0 aliphatic carbocycles. The monoisotopic (exact) mass is 709 g/mol. The first-order chi connectivity index (χ1) is 23.6. The van der Waals surface area contributed by atoms with Gasteiger partial charge in [-0.2, -0.15) is 15.2 Å². The van der Waals surface area contributed by atoms with Crippen LogP contribution in [0.1, 0.15) is 43.4 Å². The fourth-order valence-corrected chi connectivity index (χ4v) is 8.21. The van der Waals surface area contributed by atoms with Crippen LogP contribution in [0.2, 0.25) is 5.02 Å². The van der Waals surface area contributed by atoms with Crippen LogP contribution in [0.15, 0.2) is 24.5 Å². The lowest BCUT2D eigenvalue weighted by Gasteiger charge is -2.30. The third-order valence-electron chi connectivity index (χ3n) is 9.27. The number of fused-ring (bicyclic) bond motifs is 2. The summed E-state index contributed by atoms with van der Waals surface area (Å²) in [5.41, 5.74) is 12.4. The molecule has 3 aliphatic heterocycles. The number of methoxy groups -OCH3 is 1. The van der Waals surface area contributed by atoms with Gasteiger partial charge in [-0.3, -0.25) is 9.88 Å². The summed E-state index contributed by atoms with van der Waals surface area (Å²) in [4.78, 5) is 21.3. The van der Waals surface area contributed by atoms with Gasteiger partial charge >= 0.3 is 6.01 Å². The number of hydrogen-bond donors (Lipinski definition) is 2. The van der Waals surface area contributed by atoms with Gasteiger partial charge in [-0.25, -0.2) is 18.2 Å². The molecule has 16 heteroatoms. The van der Waals surface area contributed by atoms with Gasteiger partial charge in [-0.05, 0) is 38.8 Å². The summed E-state index contributed by atoms with van der Waals surface area (Å²) in [6, 6.07) is 5.73. The smallest absolute Gasteiger partial charge is 0.318 e. The molecule has 49 heavy (non-hydrogen) atoms. The number of thiophene rings is 1. The Labute approximate surface area is 288 Å². The number of rotatable bonds is 4. The van der Waals surface area contributed by atoms with Crippen molar-refractivity contribution in [3.05, 3.63) is 52.3 Å². The Morgan fingerprint density at radius 3 is 2.76 bits per heavy atom. The van der Waals surface area contributed by atoms with Gasteiger partial charge in [0, 0.05) is 29.7 Å². The number of halogens is 4. The summed E-state index contributed by atoms with van der Waals surface area (Å²) < 4.78 is 55.4. The summed E-state index contributed by atoms with van der Waals surface area (Å²) >= 11 is 7.71. The maximum atomic E-state index is 16.6. The minimum atomic E-state index is -0.876. The van der Waals surface area contributed by atoms with Crippen LogP contribution in [0, 0.1) is 23.0 Å². The summed E-state index contributed by atoms with van der Waals surface area (Å²) in [5, 5.41) is 9.94. The van der Waals surface area contributed by atoms with Gasteiger partial charge < -0.3 is 25.8 Å². The van der Waals surface area contributed by atoms with Crippen molar-refractivity contribution in [2.45, 2.75) is 44.4 Å². The molecule has 1 aromatic carbocycles. The van der Waals surface area contributed by atoms with E-state index in [0.29, 0.717) is 30.8 Å². The van der Waals surface area contributed by atoms with E-state index >= 15 is 4.39 Å². The summed E-state index contributed by atoms with van der Waals surface area (Å²) in [6.45, 7) is 4.24. The number of anilines is 3. The number of nitrogens with zero attached hydrogens (tertiary/aromatic N) is 7. The molecule has 0 bridgehead atoms. The zero-order valence-corrected chi connectivity index (χ0v) is 28.1. The first kappa shape index (κ1) is 32.9. The van der Waals surface area contributed by atoms with Gasteiger partial charge in [0.1, 0.15) is 41.0 Å². The Morgan fingerprint density at radius 2 is 2.02 bits per heavy atom. The minimum absolute atomic E-state index is 0.0284. The highest BCUT2D eigenvalue weighted by atomic mass is 35.5. The van der Waals surface area contributed by atoms with E-state index in [0.717, 1.165) is 36.1 Å². The van der Waals surface area contributed by atoms with Gasteiger partial charge in [0.05, 0.1) is 57.8 Å². The zero-order chi connectivity index (χ0) is 34.6. The topological polar surface area (TPSA) is 152 Å². The molecule has 7 heterocycles. The number of pyridine rings is 2. The SMILES string of the molecule is COc1nc2c3c(c(Cl)c(-c4ncc(F)c5sc(N)c(C#N)c45)c(F)c3n1)OCCN2C(C)c1cccnc1N.FC1CC2CCCN2C1. The van der Waals surface area contributed by atoms with E-state index in [1.807, 2.05) is 24.0 Å². The molecular weight excluding hydrogens is 679 g/mol. The molecule has 3 aliphatic rings. The molecule has 0 spiro atoms. The highest BCUT2D eigenvalue weighted by Crippen LogP contribution is 2.50. The van der Waals surface area contributed by atoms with Crippen LogP contribution in [-0.2, 0) is 0 Å². The predicted octanol–water partition coefficient (Wildman–Crippen LogP) is 6.43. The third-order valence-corrected chi connectivity index (χ3v) is 10.7. The molecule has 8 rings (SSSR count). The van der Waals surface area contributed by atoms with Crippen LogP contribution in [0.5, 0.6) is 11.8 Å². The lowest BCUT2D eigenvalue weighted by molar-refractivity contribution is 0.292. The van der Waals surface area contributed by atoms with E-state index in [-0.39, 0.29) is 72.2 Å². The predicted molar refractivity (Wildman–Crippen MR) is 183 cm³/mol. The van der Waals surface area contributed by atoms with E-state index in [1.54, 1.807) is 12.3 Å². The van der Waals surface area contributed by atoms with Crippen LogP contribution in [-0.4, -0.2) is 70.4 Å². The zero-order valence-electron chi connectivity index (χ0n) is 26.5. The number of aromatic nitrogens is 4. The van der Waals surface area contributed by atoms with Crippen molar-refractivity contribution in [1.82, 2.24) is 24.8 Å². The highest BCUT2D eigenvalue weighted by molar-refractivity contribution is 7.23. The Kier molecular flexibility index (Phi) is 8.72. The van der Waals surface area contributed by atoms with Gasteiger partial charge in [0.15, 0.2) is 17.4 Å². The summed E-state index contributed by atoms with van der Waals surface area (Å²) in [5.74, 6) is -0.812. The molecule has 0 radical (unpaired) electrons. The molecule has 11 nitrogen and oxygen atoms in total. The lowest BCUT2D eigenvalue weighted by Crippen LogP contribution is -2.31. The Morgan fingerprint density at radius 1 is 1.20 bits per heavy atom. The molecule has 3 atom stereocenters. The fraction of sp³-hybridized carbons (Fsp3) is 0.364. The number of benzene rings is 1. The van der Waals surface area contributed by atoms with Crippen LogP contribution in [0.4, 0.5) is 29.8 Å². The standard InChI is InChI=1S/C26H19ClF2N8O2S.C7H12FN/c1-10(11-4-3-5-33-23(11)31)37-6-7-39-21-16-20(35-26(38-2)36-25(16)37)18(29)15(17(21)27)19-14-12(8-30)24(32)40-22(14)13(28)9-34-19;8-6-4-7-2-1-3-9(7)5-6/h3-5,9-10H,6-7,32H2,1-2H3,(H2,31,33);6-7H,1-5H2. The van der Waals surface area contributed by atoms with E-state index in [2.05, 4.69) is 24.8 Å². The maximum Gasteiger partial charge on any atom is 0.318 e. The molecule has 4 N–H and O–H groups in total. The third kappa shape index (κ3) is 5.57. The van der Waals surface area contributed by atoms with Crippen molar-refractivity contribution in [2.75, 3.05) is 49.7 Å². The number of nitrogen functional groups attached to an aromatic ring is 2. The second-order valence-corrected chi connectivity index (χ2v) is 13.5. The Hall–Kier alpha value is -4.65. The minimum Gasteiger partial charge on any atom is -0.489 e. The number of nitriles is 1. The number of hydrogen-bond acceptors (Lipinski definition) is 12. The van der Waals surface area contributed by atoms with Crippen LogP contribution in [0.3, 0.4) is 0 Å². The maximum absolute atomic E-state index is 16.6. The van der Waals surface area contributed by atoms with Crippen molar-refractivity contribution >= 4 is 60.6 Å². The van der Waals surface area contributed by atoms with Gasteiger partial charge in [-0.1, -0.05) is 17.7 Å². The quantitative estimate of drug-likeness (QED) is 0.212. The van der Waals surface area contributed by atoms with Crippen molar-refractivity contribution in [3.8, 4) is 29.1 Å². The molecule has 254 valence electrons. The second kappa shape index (κ2) is 13.0. The number of ether oxygens (including phenoxy) is 2. The Bertz CT molecular complexity index is 2130. The van der Waals surface area contributed by atoms with E-state index in [1.165, 1.54) is 20.0 Å². The van der Waals surface area contributed by atoms with Crippen molar-refractivity contribution < 1.29 is 22.6 Å². The summed E-state index contributed by atoms with van der Waals surface area (Å²) in [7, 11) is 1.36. The van der Waals surface area contributed by atoms with Gasteiger partial charge in [-0.15, -0.1) is 11.3 Å². The largest absolute Gasteiger partial charge is 0.489 e. The molecule has 3 unspecified atom stereocenters. The molecule has 2 fully saturated rings. The number of nitrogens with two attached hydrogens (primary N) is 2. The number of alkyl halides is 1. The van der Waals surface area contributed by atoms with Crippen molar-refractivity contribution in [3.63, 3.8) is 0 Å². The van der Waals surface area contributed by atoms with Crippen LogP contribution < -0.4 is 25.8 Å². The highest BCUT2D eigenvalue weighted by Gasteiger charge is 2.35.